The molecule has 20 heavy (non-hydrogen) atoms. The zero-order valence-corrected chi connectivity index (χ0v) is 10.8. The van der Waals surface area contributed by atoms with Gasteiger partial charge in [-0.2, -0.15) is 5.10 Å². The number of nitrogens with zero attached hydrogens (tertiary/aromatic N) is 3. The van der Waals surface area contributed by atoms with Gasteiger partial charge in [0.15, 0.2) is 0 Å². The maximum Gasteiger partial charge on any atom is 0.290 e. The van der Waals surface area contributed by atoms with Crippen LogP contribution in [0.5, 0.6) is 0 Å². The minimum Gasteiger partial charge on any atom is -0.463 e. The number of fused-ring (bicyclic) bond motifs is 1. The summed E-state index contributed by atoms with van der Waals surface area (Å²) in [5, 5.41) is 3.86. The monoisotopic (exact) mass is 268 g/mol. The molecule has 0 atom stereocenters. The van der Waals surface area contributed by atoms with Gasteiger partial charge in [-0.25, -0.2) is 10.4 Å². The molecule has 0 bridgehead atoms. The van der Waals surface area contributed by atoms with E-state index in [4.69, 9.17) is 4.42 Å². The van der Waals surface area contributed by atoms with Crippen molar-refractivity contribution in [3.63, 3.8) is 0 Å². The van der Waals surface area contributed by atoms with Crippen LogP contribution in [0.15, 0.2) is 52.3 Å². The maximum absolute atomic E-state index is 12.2. The van der Waals surface area contributed by atoms with Crippen LogP contribution in [0.4, 0.5) is 0 Å². The van der Waals surface area contributed by atoms with Gasteiger partial charge in [-0.1, -0.05) is 6.07 Å². The van der Waals surface area contributed by atoms with Crippen LogP contribution in [-0.4, -0.2) is 21.5 Å². The van der Waals surface area contributed by atoms with Gasteiger partial charge in [0.2, 0.25) is 0 Å². The highest BCUT2D eigenvalue weighted by Crippen LogP contribution is 2.11. The number of furan rings is 1. The number of carbonyl (C=O) groups is 1. The standard InChI is InChI=1S/C14H12N4O2/c1-10-13(18-7-3-2-6-12(18)16-10)14(19)17-15-9-11-5-4-8-20-11/h2-9H,1H3,(H,17,19)/b15-9+. The van der Waals surface area contributed by atoms with Crippen molar-refractivity contribution in [2.75, 3.05) is 0 Å². The molecule has 0 radical (unpaired) electrons. The van der Waals surface area contributed by atoms with Crippen LogP contribution in [-0.2, 0) is 0 Å². The first kappa shape index (κ1) is 12.2. The minimum absolute atomic E-state index is 0.316. The molecule has 6 heteroatoms. The second-order valence-corrected chi connectivity index (χ2v) is 4.19. The normalized spacial score (nSPS) is 11.2. The van der Waals surface area contributed by atoms with Crippen molar-refractivity contribution in [2.24, 2.45) is 5.10 Å². The first-order valence-corrected chi connectivity index (χ1v) is 6.06. The van der Waals surface area contributed by atoms with Gasteiger partial charge in [0, 0.05) is 6.20 Å². The van der Waals surface area contributed by atoms with E-state index in [0.717, 1.165) is 5.65 Å². The Kier molecular flexibility index (Phi) is 3.04. The molecule has 3 aromatic rings. The summed E-state index contributed by atoms with van der Waals surface area (Å²) in [6.07, 6.45) is 4.77. The summed E-state index contributed by atoms with van der Waals surface area (Å²) in [7, 11) is 0. The van der Waals surface area contributed by atoms with Crippen molar-refractivity contribution in [1.29, 1.82) is 0 Å². The van der Waals surface area contributed by atoms with Crippen LogP contribution in [0.25, 0.3) is 5.65 Å². The summed E-state index contributed by atoms with van der Waals surface area (Å²) in [5.41, 5.74) is 4.32. The van der Waals surface area contributed by atoms with Gasteiger partial charge in [-0.15, -0.1) is 0 Å². The van der Waals surface area contributed by atoms with Crippen molar-refractivity contribution < 1.29 is 9.21 Å². The van der Waals surface area contributed by atoms with Crippen LogP contribution in [0.3, 0.4) is 0 Å². The zero-order chi connectivity index (χ0) is 13.9. The highest BCUT2D eigenvalue weighted by Gasteiger charge is 2.15. The number of aromatic nitrogens is 2. The number of carbonyl (C=O) groups excluding carboxylic acids is 1. The first-order chi connectivity index (χ1) is 9.75. The van der Waals surface area contributed by atoms with Gasteiger partial charge < -0.3 is 4.42 Å². The number of rotatable bonds is 3. The van der Waals surface area contributed by atoms with Crippen LogP contribution in [0.1, 0.15) is 21.9 Å². The second kappa shape index (κ2) is 5.00. The third-order valence-corrected chi connectivity index (χ3v) is 2.82. The smallest absolute Gasteiger partial charge is 0.290 e. The predicted octanol–water partition coefficient (Wildman–Crippen LogP) is 2.00. The lowest BCUT2D eigenvalue weighted by Gasteiger charge is -2.00. The average molecular weight is 268 g/mol. The molecule has 100 valence electrons. The largest absolute Gasteiger partial charge is 0.463 e. The topological polar surface area (TPSA) is 71.9 Å². The Morgan fingerprint density at radius 1 is 1.40 bits per heavy atom. The molecule has 0 unspecified atom stereocenters. The number of amides is 1. The first-order valence-electron chi connectivity index (χ1n) is 6.06. The summed E-state index contributed by atoms with van der Waals surface area (Å²) < 4.78 is 6.81. The predicted molar refractivity (Wildman–Crippen MR) is 73.7 cm³/mol. The quantitative estimate of drug-likeness (QED) is 0.583. The molecule has 3 heterocycles. The van der Waals surface area contributed by atoms with Gasteiger partial charge >= 0.3 is 0 Å². The molecule has 0 fully saturated rings. The third-order valence-electron chi connectivity index (χ3n) is 2.82. The highest BCUT2D eigenvalue weighted by atomic mass is 16.3. The summed E-state index contributed by atoms with van der Waals surface area (Å²) >= 11 is 0. The van der Waals surface area contributed by atoms with Crippen molar-refractivity contribution in [1.82, 2.24) is 14.8 Å². The van der Waals surface area contributed by atoms with Crippen molar-refractivity contribution in [3.05, 3.63) is 59.9 Å². The molecule has 3 aromatic heterocycles. The summed E-state index contributed by atoms with van der Waals surface area (Å²) in [4.78, 5) is 16.5. The Bertz CT molecular complexity index is 772. The molecule has 0 aliphatic rings. The number of hydrogen-bond donors (Lipinski definition) is 1. The number of hydrazone groups is 1. The molecule has 0 saturated carbocycles. The van der Waals surface area contributed by atoms with Crippen LogP contribution in [0, 0.1) is 6.92 Å². The fourth-order valence-electron chi connectivity index (χ4n) is 1.96. The maximum atomic E-state index is 12.2. The van der Waals surface area contributed by atoms with Crippen molar-refractivity contribution in [3.8, 4) is 0 Å². The Labute approximate surface area is 114 Å². The second-order valence-electron chi connectivity index (χ2n) is 4.19. The highest BCUT2D eigenvalue weighted by molar-refractivity contribution is 5.95. The molecular weight excluding hydrogens is 256 g/mol. The summed E-state index contributed by atoms with van der Waals surface area (Å²) in [6.45, 7) is 1.79. The number of nitrogens with one attached hydrogen (secondary N) is 1. The van der Waals surface area contributed by atoms with E-state index >= 15 is 0 Å². The van der Waals surface area contributed by atoms with Crippen molar-refractivity contribution >= 4 is 17.8 Å². The molecule has 6 nitrogen and oxygen atoms in total. The number of pyridine rings is 1. The zero-order valence-electron chi connectivity index (χ0n) is 10.8. The molecule has 0 aliphatic carbocycles. The van der Waals surface area contributed by atoms with E-state index in [0.29, 0.717) is 17.1 Å². The van der Waals surface area contributed by atoms with Crippen LogP contribution < -0.4 is 5.43 Å². The molecule has 0 saturated heterocycles. The van der Waals surface area contributed by atoms with Gasteiger partial charge in [0.05, 0.1) is 18.2 Å². The molecule has 1 amide bonds. The Morgan fingerprint density at radius 3 is 3.10 bits per heavy atom. The van der Waals surface area contributed by atoms with Gasteiger partial charge in [0.1, 0.15) is 17.1 Å². The molecule has 0 spiro atoms. The lowest BCUT2D eigenvalue weighted by Crippen LogP contribution is -2.20. The van der Waals surface area contributed by atoms with Crippen LogP contribution >= 0.6 is 0 Å². The van der Waals surface area contributed by atoms with Crippen molar-refractivity contribution in [2.45, 2.75) is 6.92 Å². The van der Waals surface area contributed by atoms with Gasteiger partial charge in [-0.3, -0.25) is 9.20 Å². The van der Waals surface area contributed by atoms with E-state index in [1.807, 2.05) is 18.2 Å². The minimum atomic E-state index is -0.316. The summed E-state index contributed by atoms with van der Waals surface area (Å²) in [6, 6.07) is 9.05. The molecule has 1 N–H and O–H groups in total. The van der Waals surface area contributed by atoms with Gasteiger partial charge in [0.25, 0.3) is 5.91 Å². The molecule has 3 rings (SSSR count). The number of hydrogen-bond acceptors (Lipinski definition) is 4. The SMILES string of the molecule is Cc1nc2ccccn2c1C(=O)N/N=C/c1ccco1. The Balaban J connectivity index is 1.84. The summed E-state index contributed by atoms with van der Waals surface area (Å²) in [5.74, 6) is 0.254. The fraction of sp³-hybridized carbons (Fsp3) is 0.0714. The molecular formula is C14H12N4O2. The average Bonchev–Trinajstić information content (AvgIpc) is 3.04. The van der Waals surface area contributed by atoms with E-state index in [1.54, 1.807) is 29.7 Å². The number of imidazole rings is 1. The van der Waals surface area contributed by atoms with E-state index in [9.17, 15) is 4.79 Å². The molecule has 0 aromatic carbocycles. The Hall–Kier alpha value is -2.89. The van der Waals surface area contributed by atoms with E-state index in [-0.39, 0.29) is 5.91 Å². The van der Waals surface area contributed by atoms with Gasteiger partial charge in [-0.05, 0) is 31.2 Å². The number of aryl methyl sites for hydroxylation is 1. The lowest BCUT2D eigenvalue weighted by molar-refractivity contribution is 0.0948. The fourth-order valence-corrected chi connectivity index (χ4v) is 1.96. The van der Waals surface area contributed by atoms with E-state index < -0.39 is 0 Å². The van der Waals surface area contributed by atoms with Crippen LogP contribution in [0.2, 0.25) is 0 Å². The lowest BCUT2D eigenvalue weighted by atomic mass is 10.3. The molecule has 0 aliphatic heterocycles. The van der Waals surface area contributed by atoms with E-state index in [2.05, 4.69) is 15.5 Å². The third kappa shape index (κ3) is 2.18. The van der Waals surface area contributed by atoms with E-state index in [1.165, 1.54) is 12.5 Å². The Morgan fingerprint density at radius 2 is 2.30 bits per heavy atom.